The van der Waals surface area contributed by atoms with Gasteiger partial charge < -0.3 is 9.66 Å². The van der Waals surface area contributed by atoms with Crippen LogP contribution >= 0.6 is 0 Å². The summed E-state index contributed by atoms with van der Waals surface area (Å²) in [5.74, 6) is 0. The van der Waals surface area contributed by atoms with Crippen molar-refractivity contribution < 1.29 is 69.5 Å². The molecule has 170 valence electrons. The van der Waals surface area contributed by atoms with Gasteiger partial charge in [0.25, 0.3) is 0 Å². The third-order valence-electron chi connectivity index (χ3n) is 5.82. The van der Waals surface area contributed by atoms with Crippen LogP contribution in [0, 0.1) is 0 Å². The number of aliphatic hydroxyl groups is 1. The van der Waals surface area contributed by atoms with E-state index < -0.39 is 15.4 Å². The second-order valence-electron chi connectivity index (χ2n) is 8.49. The Hall–Kier alpha value is 1.51. The van der Waals surface area contributed by atoms with E-state index in [2.05, 4.69) is 6.92 Å². The van der Waals surface area contributed by atoms with Gasteiger partial charge in [-0.2, -0.15) is 0 Å². The monoisotopic (exact) mass is 458 g/mol. The molecule has 1 N–H and O–H groups in total. The van der Waals surface area contributed by atoms with Crippen LogP contribution in [0.5, 0.6) is 0 Å². The molecule has 0 radical (unpaired) electrons. The minimum absolute atomic E-state index is 0. The molecule has 29 heavy (non-hydrogen) atoms. The topological polar surface area (TPSA) is 77.4 Å². The van der Waals surface area contributed by atoms with Gasteiger partial charge in [0, 0.05) is 5.25 Å². The van der Waals surface area contributed by atoms with Crippen LogP contribution < -0.4 is 51.4 Å². The maximum absolute atomic E-state index is 11.5. The molecule has 2 atom stereocenters. The number of rotatable bonds is 21. The molecule has 0 bridgehead atoms. The summed E-state index contributed by atoms with van der Waals surface area (Å²) in [6.45, 7) is 4.22. The SMILES string of the molecule is CCCCCCCCCCCCC(CCCCCCCC(O)CC)S(=O)(=O)[O-].[K+]. The van der Waals surface area contributed by atoms with Gasteiger partial charge in [0.1, 0.15) is 0 Å². The van der Waals surface area contributed by atoms with Crippen molar-refractivity contribution in [3.8, 4) is 0 Å². The first kappa shape index (κ1) is 32.7. The number of aliphatic hydroxyl groups excluding tert-OH is 1. The molecule has 0 fully saturated rings. The summed E-state index contributed by atoms with van der Waals surface area (Å²) in [6.07, 6.45) is 19.7. The van der Waals surface area contributed by atoms with Crippen molar-refractivity contribution in [3.05, 3.63) is 0 Å². The fraction of sp³-hybridized carbons (Fsp3) is 1.00. The maximum Gasteiger partial charge on any atom is 1.00 e. The Morgan fingerprint density at radius 1 is 0.655 bits per heavy atom. The van der Waals surface area contributed by atoms with Gasteiger partial charge in [0.15, 0.2) is 0 Å². The van der Waals surface area contributed by atoms with Gasteiger partial charge in [0.05, 0.1) is 16.2 Å². The fourth-order valence-corrected chi connectivity index (χ4v) is 4.69. The van der Waals surface area contributed by atoms with Crippen molar-refractivity contribution in [3.63, 3.8) is 0 Å². The molecular weight excluding hydrogens is 411 g/mol. The molecule has 0 amide bonds. The van der Waals surface area contributed by atoms with Gasteiger partial charge in [-0.3, -0.25) is 0 Å². The van der Waals surface area contributed by atoms with Gasteiger partial charge in [-0.05, 0) is 25.7 Å². The normalized spacial score (nSPS) is 13.8. The molecule has 0 aliphatic carbocycles. The third-order valence-corrected chi connectivity index (χ3v) is 7.11. The number of hydrogen-bond donors (Lipinski definition) is 1. The minimum atomic E-state index is -4.17. The second-order valence-corrected chi connectivity index (χ2v) is 10.1. The molecule has 0 aromatic heterocycles. The summed E-state index contributed by atoms with van der Waals surface area (Å²) in [7, 11) is -4.17. The van der Waals surface area contributed by atoms with Crippen LogP contribution in [0.2, 0.25) is 0 Å². The van der Waals surface area contributed by atoms with Crippen molar-refractivity contribution >= 4 is 10.1 Å². The first-order valence-corrected chi connectivity index (χ1v) is 13.5. The van der Waals surface area contributed by atoms with Crippen molar-refractivity contribution in [2.75, 3.05) is 0 Å². The largest absolute Gasteiger partial charge is 1.00 e. The van der Waals surface area contributed by atoms with Crippen LogP contribution in [0.15, 0.2) is 0 Å². The molecule has 2 unspecified atom stereocenters. The second kappa shape index (κ2) is 22.7. The van der Waals surface area contributed by atoms with Crippen LogP contribution in [0.25, 0.3) is 0 Å². The van der Waals surface area contributed by atoms with E-state index in [9.17, 15) is 18.1 Å². The van der Waals surface area contributed by atoms with Gasteiger partial charge in [0.2, 0.25) is 0 Å². The Bertz CT molecular complexity index is 429. The first-order chi connectivity index (χ1) is 13.4. The van der Waals surface area contributed by atoms with E-state index in [4.69, 9.17) is 0 Å². The van der Waals surface area contributed by atoms with E-state index in [1.54, 1.807) is 0 Å². The smallest absolute Gasteiger partial charge is 0.748 e. The Morgan fingerprint density at radius 3 is 1.34 bits per heavy atom. The van der Waals surface area contributed by atoms with Crippen molar-refractivity contribution in [1.29, 1.82) is 0 Å². The zero-order valence-corrected chi connectivity index (χ0v) is 23.6. The zero-order valence-electron chi connectivity index (χ0n) is 19.7. The molecule has 0 heterocycles. The average Bonchev–Trinajstić information content (AvgIpc) is 2.65. The van der Waals surface area contributed by atoms with Crippen LogP contribution in [-0.4, -0.2) is 29.4 Å². The maximum atomic E-state index is 11.5. The summed E-state index contributed by atoms with van der Waals surface area (Å²) in [5, 5.41) is 8.82. The van der Waals surface area contributed by atoms with E-state index in [0.717, 1.165) is 64.2 Å². The summed E-state index contributed by atoms with van der Waals surface area (Å²) in [5.41, 5.74) is 0. The molecule has 0 spiro atoms. The summed E-state index contributed by atoms with van der Waals surface area (Å²) in [6, 6.07) is 0. The zero-order chi connectivity index (χ0) is 21.1. The molecule has 0 aromatic carbocycles. The Labute approximate surface area is 224 Å². The van der Waals surface area contributed by atoms with Gasteiger partial charge in [-0.25, -0.2) is 8.42 Å². The molecule has 0 saturated heterocycles. The van der Waals surface area contributed by atoms with Gasteiger partial charge >= 0.3 is 51.4 Å². The van der Waals surface area contributed by atoms with E-state index in [0.29, 0.717) is 12.8 Å². The van der Waals surface area contributed by atoms with Crippen molar-refractivity contribution in [2.24, 2.45) is 0 Å². The Balaban J connectivity index is 0. The van der Waals surface area contributed by atoms with Crippen LogP contribution in [0.3, 0.4) is 0 Å². The Kier molecular flexibility index (Phi) is 25.6. The van der Waals surface area contributed by atoms with E-state index >= 15 is 0 Å². The van der Waals surface area contributed by atoms with Crippen LogP contribution in [0.4, 0.5) is 0 Å². The molecule has 4 nitrogen and oxygen atoms in total. The number of hydrogen-bond acceptors (Lipinski definition) is 4. The van der Waals surface area contributed by atoms with Gasteiger partial charge in [-0.1, -0.05) is 110 Å². The summed E-state index contributed by atoms with van der Waals surface area (Å²) < 4.78 is 34.5. The standard InChI is InChI=1S/C23H48O4S.K/c1-3-5-6-7-8-9-10-11-14-17-20-23(28(25,26)27)21-18-15-12-13-16-19-22(24)4-2;/h22-24H,3-21H2,1-2H3,(H,25,26,27);/q;+1/p-1. The first-order valence-electron chi connectivity index (χ1n) is 12.0. The number of unbranched alkanes of at least 4 members (excludes halogenated alkanes) is 13. The van der Waals surface area contributed by atoms with Crippen LogP contribution in [0.1, 0.15) is 136 Å². The van der Waals surface area contributed by atoms with Crippen LogP contribution in [-0.2, 0) is 10.1 Å². The molecule has 0 rings (SSSR count). The predicted molar refractivity (Wildman–Crippen MR) is 119 cm³/mol. The average molecular weight is 459 g/mol. The Morgan fingerprint density at radius 2 is 1.00 bits per heavy atom. The van der Waals surface area contributed by atoms with E-state index in [1.807, 2.05) is 6.92 Å². The minimum Gasteiger partial charge on any atom is -0.748 e. The molecule has 0 aliphatic heterocycles. The molecule has 0 aliphatic rings. The van der Waals surface area contributed by atoms with Crippen molar-refractivity contribution in [1.82, 2.24) is 0 Å². The quantitative estimate of drug-likeness (QED) is 0.162. The van der Waals surface area contributed by atoms with E-state index in [-0.39, 0.29) is 57.5 Å². The summed E-state index contributed by atoms with van der Waals surface area (Å²) in [4.78, 5) is 0. The molecular formula is C23H47KO4S. The molecule has 0 saturated carbocycles. The predicted octanol–water partition coefficient (Wildman–Crippen LogP) is 3.72. The summed E-state index contributed by atoms with van der Waals surface area (Å²) >= 11 is 0. The third kappa shape index (κ3) is 22.5. The van der Waals surface area contributed by atoms with Gasteiger partial charge in [-0.15, -0.1) is 0 Å². The van der Waals surface area contributed by atoms with Crippen molar-refractivity contribution in [2.45, 2.75) is 147 Å². The molecule has 6 heteroatoms. The molecule has 0 aromatic rings. The van der Waals surface area contributed by atoms with E-state index in [1.165, 1.54) is 44.9 Å². The fourth-order valence-electron chi connectivity index (χ4n) is 3.78.